The van der Waals surface area contributed by atoms with E-state index < -0.39 is 29.7 Å². The average Bonchev–Trinajstić information content (AvgIpc) is 3.50. The molecule has 6 aliphatic rings. The number of amides is 6. The minimum atomic E-state index is -1.03. The molecule has 334 valence electrons. The molecule has 9 rings (SSSR count). The summed E-state index contributed by atoms with van der Waals surface area (Å²) in [7, 11) is 8.69. The Labute approximate surface area is 366 Å². The number of benzene rings is 2. The Balaban J connectivity index is 0.794. The zero-order valence-electron chi connectivity index (χ0n) is 36.7. The van der Waals surface area contributed by atoms with E-state index in [9.17, 15) is 33.6 Å². The number of carbonyl (C=O) groups is 6. The summed E-state index contributed by atoms with van der Waals surface area (Å²) in [6, 6.07) is 7.59. The van der Waals surface area contributed by atoms with E-state index in [1.54, 1.807) is 56.0 Å². The number of carbonyl (C=O) groups excluding carboxylic acids is 6. The largest absolute Gasteiger partial charge is 0.496 e. The van der Waals surface area contributed by atoms with Gasteiger partial charge in [-0.15, -0.1) is 0 Å². The van der Waals surface area contributed by atoms with Crippen molar-refractivity contribution in [3.63, 3.8) is 0 Å². The van der Waals surface area contributed by atoms with Crippen molar-refractivity contribution in [2.75, 3.05) is 48.0 Å². The molecule has 2 bridgehead atoms. The molecule has 6 amide bonds. The average molecular weight is 865 g/mol. The van der Waals surface area contributed by atoms with Crippen molar-refractivity contribution in [1.82, 2.24) is 29.9 Å². The molecule has 0 spiro atoms. The predicted octanol–water partition coefficient (Wildman–Crippen LogP) is 4.37. The fraction of sp³-hybridized carbons (Fsp3) is 0.511. The maximum Gasteiger partial charge on any atom is 0.317 e. The highest BCUT2D eigenvalue weighted by Gasteiger charge is 2.70. The van der Waals surface area contributed by atoms with Crippen molar-refractivity contribution >= 4 is 35.4 Å². The first kappa shape index (κ1) is 43.6. The lowest BCUT2D eigenvalue weighted by Gasteiger charge is -2.70. The number of unbranched alkanes of at least 4 members (excludes halogenated alkanes) is 3. The SMILES string of the molecule is CNC(=O)N1CCc2c(-c3cc(OC)c(CN(C)CC45CC(C(=O)CCCCCCOc6cccc7c6C(=O)N(C6CCC(=O)NC6=O)C7=O)(C4)C5)c(OC)c3)cn(C)c(=O)c2C1. The molecular weight excluding hydrogens is 809 g/mol. The van der Waals surface area contributed by atoms with Gasteiger partial charge in [0.25, 0.3) is 17.4 Å². The van der Waals surface area contributed by atoms with E-state index in [1.807, 2.05) is 18.3 Å². The number of methoxy groups -OCH3 is 2. The fourth-order valence-corrected chi connectivity index (χ4v) is 10.8. The standard InChI is InChI=1S/C47H56N6O10/c1-48-45(60)52-17-16-29-31(22-51(3)42(57)32(29)23-52)28-19-36(61-4)33(37(20-28)62-5)21-50(2)27-46-24-47(25-46,26-46)38(54)13-8-6-7-9-18-63-35-12-10-11-30-40(35)44(59)53(43(30)58)34-14-15-39(55)49-41(34)56/h10-12,19-20,22,34H,6-9,13-18,21,23-27H2,1-5H3,(H,48,60)(H,49,55,56). The third kappa shape index (κ3) is 7.98. The maximum absolute atomic E-state index is 13.4. The highest BCUT2D eigenvalue weighted by Crippen LogP contribution is 2.74. The van der Waals surface area contributed by atoms with Gasteiger partial charge in [0.05, 0.1) is 44.1 Å². The van der Waals surface area contributed by atoms with Crippen molar-refractivity contribution in [3.05, 3.63) is 74.7 Å². The summed E-state index contributed by atoms with van der Waals surface area (Å²) >= 11 is 0. The Hall–Kier alpha value is -6.03. The maximum atomic E-state index is 13.4. The molecule has 1 saturated heterocycles. The zero-order chi connectivity index (χ0) is 44.8. The smallest absolute Gasteiger partial charge is 0.317 e. The fourth-order valence-electron chi connectivity index (χ4n) is 10.8. The lowest BCUT2D eigenvalue weighted by Crippen LogP contribution is -2.68. The number of nitrogens with one attached hydrogen (secondary N) is 2. The van der Waals surface area contributed by atoms with E-state index in [4.69, 9.17) is 14.2 Å². The van der Waals surface area contributed by atoms with E-state index in [0.717, 1.165) is 72.2 Å². The first-order valence-electron chi connectivity index (χ1n) is 21.8. The van der Waals surface area contributed by atoms with Crippen LogP contribution in [0.25, 0.3) is 11.1 Å². The molecule has 1 aromatic heterocycles. The van der Waals surface area contributed by atoms with Crippen molar-refractivity contribution < 1.29 is 43.0 Å². The number of rotatable bonds is 17. The Bertz CT molecular complexity index is 2420. The number of fused-ring (bicyclic) bond motifs is 2. The van der Waals surface area contributed by atoms with Gasteiger partial charge in [-0.05, 0) is 92.8 Å². The van der Waals surface area contributed by atoms with Gasteiger partial charge in [0, 0.05) is 69.3 Å². The second-order valence-corrected chi connectivity index (χ2v) is 18.0. The van der Waals surface area contributed by atoms with Gasteiger partial charge < -0.3 is 33.9 Å². The minimum absolute atomic E-state index is 0.0535. The number of aryl methyl sites for hydroxylation is 1. The molecular formula is C47H56N6O10. The van der Waals surface area contributed by atoms with Gasteiger partial charge in [0.15, 0.2) is 0 Å². The first-order chi connectivity index (χ1) is 30.2. The lowest BCUT2D eigenvalue weighted by molar-refractivity contribution is -0.211. The Morgan fingerprint density at radius 1 is 0.905 bits per heavy atom. The van der Waals surface area contributed by atoms with Crippen LogP contribution in [0.3, 0.4) is 0 Å². The zero-order valence-corrected chi connectivity index (χ0v) is 36.7. The van der Waals surface area contributed by atoms with Crippen LogP contribution in [0.5, 0.6) is 17.2 Å². The van der Waals surface area contributed by atoms with E-state index in [1.165, 1.54) is 0 Å². The summed E-state index contributed by atoms with van der Waals surface area (Å²) in [5, 5.41) is 4.87. The Morgan fingerprint density at radius 2 is 1.62 bits per heavy atom. The highest BCUT2D eigenvalue weighted by molar-refractivity contribution is 6.24. The molecule has 0 radical (unpaired) electrons. The van der Waals surface area contributed by atoms with Crippen LogP contribution in [-0.2, 0) is 40.9 Å². The third-order valence-electron chi connectivity index (χ3n) is 13.7. The molecule has 16 nitrogen and oxygen atoms in total. The summed E-state index contributed by atoms with van der Waals surface area (Å²) < 4.78 is 19.4. The summed E-state index contributed by atoms with van der Waals surface area (Å²) in [5.41, 5.74) is 4.38. The second kappa shape index (κ2) is 17.3. The van der Waals surface area contributed by atoms with E-state index in [2.05, 4.69) is 22.6 Å². The van der Waals surface area contributed by atoms with Crippen LogP contribution in [0, 0.1) is 10.8 Å². The summed E-state index contributed by atoms with van der Waals surface area (Å²) in [6.45, 7) is 2.52. The molecule has 3 aliphatic heterocycles. The molecule has 1 atom stereocenters. The van der Waals surface area contributed by atoms with E-state index in [0.29, 0.717) is 67.6 Å². The number of urea groups is 1. The first-order valence-corrected chi connectivity index (χ1v) is 21.8. The van der Waals surface area contributed by atoms with E-state index in [-0.39, 0.29) is 52.9 Å². The summed E-state index contributed by atoms with van der Waals surface area (Å²) in [5.74, 6) is -0.213. The molecule has 2 N–H and O–H groups in total. The van der Waals surface area contributed by atoms with Crippen molar-refractivity contribution in [2.45, 2.75) is 89.8 Å². The van der Waals surface area contributed by atoms with Gasteiger partial charge in [0.2, 0.25) is 11.8 Å². The molecule has 16 heteroatoms. The number of pyridine rings is 1. The van der Waals surface area contributed by atoms with Crippen molar-refractivity contribution in [2.24, 2.45) is 17.9 Å². The van der Waals surface area contributed by atoms with Crippen LogP contribution in [0.2, 0.25) is 0 Å². The monoisotopic (exact) mass is 864 g/mol. The molecule has 4 fully saturated rings. The van der Waals surface area contributed by atoms with Crippen LogP contribution in [0.15, 0.2) is 41.3 Å². The number of ether oxygens (including phenoxy) is 3. The number of hydrogen-bond acceptors (Lipinski definition) is 11. The Morgan fingerprint density at radius 3 is 2.30 bits per heavy atom. The van der Waals surface area contributed by atoms with Gasteiger partial charge in [-0.25, -0.2) is 4.79 Å². The normalized spacial score (nSPS) is 22.2. The van der Waals surface area contributed by atoms with Gasteiger partial charge in [0.1, 0.15) is 29.1 Å². The number of Topliss-reactive ketones (excluding diaryl/α,β-unsaturated/α-hetero) is 1. The summed E-state index contributed by atoms with van der Waals surface area (Å²) in [6.07, 6.45) is 9.04. The number of nitrogens with zero attached hydrogens (tertiary/aromatic N) is 4. The number of ketones is 1. The van der Waals surface area contributed by atoms with Gasteiger partial charge in [-0.3, -0.25) is 39.0 Å². The van der Waals surface area contributed by atoms with Crippen LogP contribution in [0.4, 0.5) is 4.79 Å². The van der Waals surface area contributed by atoms with Crippen LogP contribution < -0.4 is 30.4 Å². The van der Waals surface area contributed by atoms with Crippen LogP contribution in [0.1, 0.15) is 102 Å². The third-order valence-corrected chi connectivity index (χ3v) is 13.7. The van der Waals surface area contributed by atoms with Gasteiger partial charge >= 0.3 is 6.03 Å². The number of imide groups is 2. The predicted molar refractivity (Wildman–Crippen MR) is 231 cm³/mol. The van der Waals surface area contributed by atoms with Gasteiger partial charge in [-0.1, -0.05) is 18.9 Å². The second-order valence-electron chi connectivity index (χ2n) is 18.0. The molecule has 4 heterocycles. The summed E-state index contributed by atoms with van der Waals surface area (Å²) in [4.78, 5) is 94.3. The van der Waals surface area contributed by atoms with Crippen molar-refractivity contribution in [3.8, 4) is 28.4 Å². The van der Waals surface area contributed by atoms with Crippen LogP contribution >= 0.6 is 0 Å². The topological polar surface area (TPSA) is 186 Å². The number of piperidine rings is 1. The van der Waals surface area contributed by atoms with Gasteiger partial charge in [-0.2, -0.15) is 0 Å². The molecule has 63 heavy (non-hydrogen) atoms. The number of aromatic nitrogens is 1. The Kier molecular flexibility index (Phi) is 12.0. The van der Waals surface area contributed by atoms with E-state index >= 15 is 0 Å². The molecule has 2 aromatic carbocycles. The lowest BCUT2D eigenvalue weighted by atomic mass is 9.33. The van der Waals surface area contributed by atoms with Crippen molar-refractivity contribution in [1.29, 1.82) is 0 Å². The quantitative estimate of drug-likeness (QED) is 0.145. The molecule has 1 unspecified atom stereocenters. The van der Waals surface area contributed by atoms with Crippen LogP contribution in [-0.4, -0.2) is 109 Å². The molecule has 3 aliphatic carbocycles. The molecule has 3 aromatic rings. The number of hydrogen-bond donors (Lipinski definition) is 2. The molecule has 3 saturated carbocycles. The highest BCUT2D eigenvalue weighted by atomic mass is 16.5. The minimum Gasteiger partial charge on any atom is -0.496 e.